The van der Waals surface area contributed by atoms with E-state index in [9.17, 15) is 14.4 Å². The van der Waals surface area contributed by atoms with Gasteiger partial charge in [-0.25, -0.2) is 9.78 Å². The number of furan rings is 1. The van der Waals surface area contributed by atoms with Crippen LogP contribution in [0.25, 0.3) is 11.1 Å². The fourth-order valence-electron chi connectivity index (χ4n) is 4.50. The number of aromatic nitrogens is 1. The quantitative estimate of drug-likeness (QED) is 0.470. The summed E-state index contributed by atoms with van der Waals surface area (Å²) in [6.07, 6.45) is 0. The van der Waals surface area contributed by atoms with Crippen molar-refractivity contribution in [1.82, 2.24) is 25.8 Å². The molecule has 2 fully saturated rings. The highest BCUT2D eigenvalue weighted by Gasteiger charge is 2.46. The summed E-state index contributed by atoms with van der Waals surface area (Å²) >= 11 is 0. The summed E-state index contributed by atoms with van der Waals surface area (Å²) in [6.45, 7) is 5.99. The average molecular weight is 493 g/mol. The number of imide groups is 1. The number of pyridine rings is 1. The van der Waals surface area contributed by atoms with Crippen LogP contribution in [-0.2, 0) is 16.9 Å². The summed E-state index contributed by atoms with van der Waals surface area (Å²) in [5.74, 6) is 1.65. The van der Waals surface area contributed by atoms with Crippen molar-refractivity contribution in [2.75, 3.05) is 45.2 Å². The first-order valence-electron chi connectivity index (χ1n) is 11.7. The summed E-state index contributed by atoms with van der Waals surface area (Å²) in [5.41, 5.74) is 1.91. The molecule has 0 radical (unpaired) electrons. The second-order valence-corrected chi connectivity index (χ2v) is 9.12. The molecule has 5 heterocycles. The normalized spacial score (nSPS) is 21.1. The summed E-state index contributed by atoms with van der Waals surface area (Å²) in [4.78, 5) is 43.5. The Morgan fingerprint density at radius 3 is 2.56 bits per heavy atom. The number of rotatable bonds is 3. The van der Waals surface area contributed by atoms with Gasteiger partial charge in [-0.05, 0) is 36.8 Å². The number of hydrogen-bond acceptors (Lipinski definition) is 8. The molecule has 0 bridgehead atoms. The first-order chi connectivity index (χ1) is 17.3. The third kappa shape index (κ3) is 4.22. The molecule has 1 atom stereocenters. The van der Waals surface area contributed by atoms with Crippen LogP contribution >= 0.6 is 0 Å². The van der Waals surface area contributed by atoms with Crippen molar-refractivity contribution in [2.45, 2.75) is 19.0 Å². The Morgan fingerprint density at radius 2 is 1.86 bits per heavy atom. The van der Waals surface area contributed by atoms with E-state index < -0.39 is 17.5 Å². The number of carbonyl (C=O) groups excluding carboxylic acids is 3. The molecule has 188 valence electrons. The Balaban J connectivity index is 0.000000174. The number of nitrogens with zero attached hydrogens (tertiary/aromatic N) is 3. The molecule has 3 N–H and O–H groups in total. The van der Waals surface area contributed by atoms with Crippen LogP contribution in [0.2, 0.25) is 0 Å². The molecule has 36 heavy (non-hydrogen) atoms. The molecule has 11 heteroatoms. The zero-order valence-electron chi connectivity index (χ0n) is 20.4. The van der Waals surface area contributed by atoms with E-state index in [1.165, 1.54) is 0 Å². The fourth-order valence-corrected chi connectivity index (χ4v) is 4.50. The van der Waals surface area contributed by atoms with Gasteiger partial charge in [0.25, 0.3) is 11.8 Å². The number of ether oxygens (including phenoxy) is 1. The monoisotopic (exact) mass is 492 g/mol. The lowest BCUT2D eigenvalue weighted by Crippen LogP contribution is -2.43. The molecule has 0 spiro atoms. The SMILES string of the molecule is CC1(c2cc3nc(N4CCNCC4)ccc3o2)NC(=O)NC1=O.COc1ccc2c(c1)C(=O)N(C)C2. The van der Waals surface area contributed by atoms with E-state index in [0.29, 0.717) is 23.4 Å². The molecule has 6 rings (SSSR count). The van der Waals surface area contributed by atoms with Crippen molar-refractivity contribution in [3.05, 3.63) is 53.3 Å². The summed E-state index contributed by atoms with van der Waals surface area (Å²) in [5, 5.41) is 8.13. The van der Waals surface area contributed by atoms with Crippen molar-refractivity contribution in [3.8, 4) is 5.75 Å². The number of urea groups is 1. The van der Waals surface area contributed by atoms with Gasteiger partial charge in [-0.2, -0.15) is 0 Å². The van der Waals surface area contributed by atoms with E-state index in [0.717, 1.165) is 48.9 Å². The van der Waals surface area contributed by atoms with Gasteiger partial charge in [0.15, 0.2) is 11.1 Å². The second kappa shape index (κ2) is 9.15. The van der Waals surface area contributed by atoms with Crippen LogP contribution in [0, 0.1) is 0 Å². The van der Waals surface area contributed by atoms with Crippen molar-refractivity contribution in [2.24, 2.45) is 0 Å². The third-order valence-corrected chi connectivity index (χ3v) is 6.64. The minimum Gasteiger partial charge on any atom is -0.497 e. The molecule has 0 saturated carbocycles. The van der Waals surface area contributed by atoms with Crippen LogP contribution in [0.3, 0.4) is 0 Å². The summed E-state index contributed by atoms with van der Waals surface area (Å²) in [6, 6.07) is 10.6. The maximum atomic E-state index is 12.0. The number of hydrogen-bond donors (Lipinski definition) is 3. The predicted molar refractivity (Wildman–Crippen MR) is 132 cm³/mol. The van der Waals surface area contributed by atoms with Crippen LogP contribution in [0.1, 0.15) is 28.6 Å². The van der Waals surface area contributed by atoms with E-state index in [-0.39, 0.29) is 5.91 Å². The van der Waals surface area contributed by atoms with E-state index >= 15 is 0 Å². The van der Waals surface area contributed by atoms with E-state index in [1.807, 2.05) is 24.3 Å². The highest BCUT2D eigenvalue weighted by Crippen LogP contribution is 2.30. The predicted octanol–water partition coefficient (Wildman–Crippen LogP) is 1.57. The van der Waals surface area contributed by atoms with Gasteiger partial charge in [0.2, 0.25) is 0 Å². The first kappa shape index (κ1) is 23.6. The van der Waals surface area contributed by atoms with Gasteiger partial charge in [-0.15, -0.1) is 0 Å². The largest absolute Gasteiger partial charge is 0.497 e. The van der Waals surface area contributed by atoms with Gasteiger partial charge in [-0.3, -0.25) is 14.9 Å². The molecule has 1 aromatic carbocycles. The lowest BCUT2D eigenvalue weighted by atomic mass is 10.00. The molecule has 3 aromatic rings. The van der Waals surface area contributed by atoms with Crippen molar-refractivity contribution >= 4 is 34.8 Å². The molecule has 0 aliphatic carbocycles. The zero-order chi connectivity index (χ0) is 25.4. The van der Waals surface area contributed by atoms with Gasteiger partial charge in [0, 0.05) is 51.4 Å². The minimum absolute atomic E-state index is 0.0777. The average Bonchev–Trinajstić information content (AvgIpc) is 3.53. The lowest BCUT2D eigenvalue weighted by molar-refractivity contribution is -0.124. The number of methoxy groups -OCH3 is 1. The maximum absolute atomic E-state index is 12.0. The van der Waals surface area contributed by atoms with Crippen LogP contribution in [-0.4, -0.2) is 68.1 Å². The molecule has 2 aromatic heterocycles. The van der Waals surface area contributed by atoms with Crippen molar-refractivity contribution < 1.29 is 23.5 Å². The van der Waals surface area contributed by atoms with Crippen molar-refractivity contribution in [3.63, 3.8) is 0 Å². The lowest BCUT2D eigenvalue weighted by Gasteiger charge is -2.28. The fraction of sp³-hybridized carbons (Fsp3) is 0.360. The molecule has 1 unspecified atom stereocenters. The highest BCUT2D eigenvalue weighted by atomic mass is 16.5. The first-order valence-corrected chi connectivity index (χ1v) is 11.7. The molecule has 11 nitrogen and oxygen atoms in total. The molecular formula is C25H28N6O5. The second-order valence-electron chi connectivity index (χ2n) is 9.12. The molecular weight excluding hydrogens is 464 g/mol. The van der Waals surface area contributed by atoms with Gasteiger partial charge in [0.1, 0.15) is 22.8 Å². The minimum atomic E-state index is -1.20. The number of piperazine rings is 1. The third-order valence-electron chi connectivity index (χ3n) is 6.64. The Kier molecular flexibility index (Phi) is 6.00. The molecule has 2 saturated heterocycles. The van der Waals surface area contributed by atoms with Crippen LogP contribution < -0.4 is 25.6 Å². The molecule has 4 amide bonds. The van der Waals surface area contributed by atoms with E-state index in [4.69, 9.17) is 9.15 Å². The highest BCUT2D eigenvalue weighted by molar-refractivity contribution is 6.07. The molecule has 3 aliphatic rings. The van der Waals surface area contributed by atoms with Gasteiger partial charge in [0.05, 0.1) is 7.11 Å². The van der Waals surface area contributed by atoms with Crippen LogP contribution in [0.15, 0.2) is 40.8 Å². The molecule has 3 aliphatic heterocycles. The Hall–Kier alpha value is -4.12. The van der Waals surface area contributed by atoms with Crippen molar-refractivity contribution in [1.29, 1.82) is 0 Å². The zero-order valence-corrected chi connectivity index (χ0v) is 20.4. The van der Waals surface area contributed by atoms with Gasteiger partial charge >= 0.3 is 6.03 Å². The standard InChI is InChI=1S/C15H17N5O3.C10H11NO2/c1-15(13(21)18-14(22)19-15)11-8-9-10(23-11)2-3-12(17-9)20-6-4-16-5-7-20;1-11-6-7-3-4-8(13-2)5-9(7)10(11)12/h2-3,8,16H,4-7H2,1H3,(H2,18,19,21,22);3-5H,6H2,1-2H3. The number of benzene rings is 1. The number of anilines is 1. The summed E-state index contributed by atoms with van der Waals surface area (Å²) < 4.78 is 10.8. The topological polar surface area (TPSA) is 129 Å². The van der Waals surface area contributed by atoms with Gasteiger partial charge < -0.3 is 29.6 Å². The Bertz CT molecular complexity index is 1350. The number of amides is 4. The van der Waals surface area contributed by atoms with Gasteiger partial charge in [-0.1, -0.05) is 6.07 Å². The summed E-state index contributed by atoms with van der Waals surface area (Å²) in [7, 11) is 3.40. The van der Waals surface area contributed by atoms with E-state index in [2.05, 4.69) is 25.8 Å². The number of fused-ring (bicyclic) bond motifs is 2. The smallest absolute Gasteiger partial charge is 0.322 e. The van der Waals surface area contributed by atoms with Crippen LogP contribution in [0.4, 0.5) is 10.6 Å². The number of carbonyl (C=O) groups is 3. The maximum Gasteiger partial charge on any atom is 0.322 e. The van der Waals surface area contributed by atoms with E-state index in [1.54, 1.807) is 38.1 Å². The number of nitrogens with one attached hydrogen (secondary N) is 3. The van der Waals surface area contributed by atoms with Crippen LogP contribution in [0.5, 0.6) is 5.75 Å². The Labute approximate surface area is 207 Å². The Morgan fingerprint density at radius 1 is 1.08 bits per heavy atom.